The molecule has 0 atom stereocenters. The van der Waals surface area contributed by atoms with Gasteiger partial charge in [0.2, 0.25) is 5.41 Å². The first kappa shape index (κ1) is 22.2. The van der Waals surface area contributed by atoms with Gasteiger partial charge in [-0.2, -0.15) is 26.3 Å². The third-order valence-electron chi connectivity index (χ3n) is 4.35. The summed E-state index contributed by atoms with van der Waals surface area (Å²) in [5, 5.41) is 15.0. The van der Waals surface area contributed by atoms with Crippen LogP contribution < -0.4 is 22.5 Å². The molecule has 0 radical (unpaired) electrons. The number of nitrogens with one attached hydrogen (secondary N) is 4. The molecule has 0 unspecified atom stereocenters. The molecule has 8 N–H and O–H groups in total. The van der Waals surface area contributed by atoms with Crippen LogP contribution in [0.25, 0.3) is 0 Å². The Hall–Kier alpha value is -3.12. The summed E-state index contributed by atoms with van der Waals surface area (Å²) in [6.45, 7) is 0. The quantitative estimate of drug-likeness (QED) is 0.150. The summed E-state index contributed by atoms with van der Waals surface area (Å²) >= 11 is 0. The van der Waals surface area contributed by atoms with Gasteiger partial charge >= 0.3 is 12.4 Å². The molecule has 2 aromatic rings. The number of hydrogen-bond donors (Lipinski definition) is 6. The molecule has 12 heteroatoms. The second-order valence-electron chi connectivity index (χ2n) is 5.94. The summed E-state index contributed by atoms with van der Waals surface area (Å²) in [6, 6.07) is 6.36. The lowest BCUT2D eigenvalue weighted by molar-refractivity contribution is -0.288. The zero-order valence-electron chi connectivity index (χ0n) is 14.5. The monoisotopic (exact) mass is 418 g/mol. The van der Waals surface area contributed by atoms with Crippen molar-refractivity contribution in [2.24, 2.45) is 11.7 Å². The van der Waals surface area contributed by atoms with E-state index < -0.39 is 28.9 Å². The highest BCUT2D eigenvalue weighted by Crippen LogP contribution is 2.56. The van der Waals surface area contributed by atoms with Crippen molar-refractivity contribution in [2.75, 3.05) is 0 Å². The molecular weight excluding hydrogens is 402 g/mol. The van der Waals surface area contributed by atoms with Crippen LogP contribution >= 0.6 is 0 Å². The molecule has 0 aromatic heterocycles. The van der Waals surface area contributed by atoms with Crippen molar-refractivity contribution in [1.82, 2.24) is 10.9 Å². The summed E-state index contributed by atoms with van der Waals surface area (Å²) < 4.78 is 84.1. The Morgan fingerprint density at radius 3 is 1.10 bits per heavy atom. The number of benzene rings is 2. The van der Waals surface area contributed by atoms with Crippen LogP contribution in [0.5, 0.6) is 0 Å². The Morgan fingerprint density at radius 2 is 0.897 bits per heavy atom. The maximum absolute atomic E-state index is 14.0. The largest absolute Gasteiger partial charge is 0.411 e. The van der Waals surface area contributed by atoms with Crippen LogP contribution in [-0.2, 0) is 5.41 Å². The van der Waals surface area contributed by atoms with Gasteiger partial charge in [-0.05, 0) is 11.1 Å². The van der Waals surface area contributed by atoms with Gasteiger partial charge in [-0.3, -0.25) is 10.8 Å². The van der Waals surface area contributed by atoms with E-state index in [4.69, 9.17) is 22.5 Å². The lowest BCUT2D eigenvalue weighted by Gasteiger charge is -2.38. The van der Waals surface area contributed by atoms with E-state index in [1.54, 1.807) is 0 Å². The van der Waals surface area contributed by atoms with Crippen LogP contribution in [0.4, 0.5) is 26.3 Å². The van der Waals surface area contributed by atoms with Gasteiger partial charge in [0.05, 0.1) is 0 Å². The lowest BCUT2D eigenvalue weighted by Crippen LogP contribution is -2.54. The summed E-state index contributed by atoms with van der Waals surface area (Å²) in [5.41, 5.74) is -2.55. The number of halogens is 6. The fourth-order valence-electron chi connectivity index (χ4n) is 2.92. The van der Waals surface area contributed by atoms with Crippen molar-refractivity contribution in [3.05, 3.63) is 70.8 Å². The van der Waals surface area contributed by atoms with Crippen molar-refractivity contribution < 1.29 is 26.3 Å². The molecule has 0 spiro atoms. The van der Waals surface area contributed by atoms with Gasteiger partial charge in [0.1, 0.15) is 11.7 Å². The SMILES string of the molecule is N=C(NN)c1ccc(C(c2ccc(C(=N)NN)cc2)(C(F)(F)F)C(F)(F)F)cc1. The fourth-order valence-corrected chi connectivity index (χ4v) is 2.92. The van der Waals surface area contributed by atoms with Gasteiger partial charge in [-0.15, -0.1) is 0 Å². The first-order valence-electron chi connectivity index (χ1n) is 7.85. The van der Waals surface area contributed by atoms with Crippen LogP contribution in [0, 0.1) is 10.8 Å². The summed E-state index contributed by atoms with van der Waals surface area (Å²) in [7, 11) is 0. The molecule has 2 aromatic carbocycles. The fraction of sp³-hybridized carbons (Fsp3) is 0.176. The number of rotatable bonds is 4. The first-order valence-corrected chi connectivity index (χ1v) is 7.85. The average Bonchev–Trinajstić information content (AvgIpc) is 2.66. The van der Waals surface area contributed by atoms with E-state index in [1.807, 2.05) is 10.9 Å². The number of hydrazine groups is 2. The third kappa shape index (κ3) is 3.76. The summed E-state index contributed by atoms with van der Waals surface area (Å²) in [4.78, 5) is 0. The molecule has 6 nitrogen and oxygen atoms in total. The first-order chi connectivity index (χ1) is 13.4. The van der Waals surface area contributed by atoms with Gasteiger partial charge < -0.3 is 10.9 Å². The Morgan fingerprint density at radius 1 is 0.621 bits per heavy atom. The molecule has 0 amide bonds. The smallest absolute Gasteiger partial charge is 0.308 e. The highest BCUT2D eigenvalue weighted by atomic mass is 19.4. The molecule has 0 saturated carbocycles. The molecule has 0 fully saturated rings. The molecule has 0 bridgehead atoms. The zero-order valence-corrected chi connectivity index (χ0v) is 14.5. The van der Waals surface area contributed by atoms with E-state index in [0.717, 1.165) is 24.3 Å². The molecule has 0 aliphatic heterocycles. The topological polar surface area (TPSA) is 124 Å². The summed E-state index contributed by atoms with van der Waals surface area (Å²) in [6.07, 6.45) is -11.5. The van der Waals surface area contributed by atoms with Gasteiger partial charge in [0.15, 0.2) is 0 Å². The molecule has 0 aliphatic rings. The number of hydrogen-bond acceptors (Lipinski definition) is 4. The van der Waals surface area contributed by atoms with E-state index in [0.29, 0.717) is 24.3 Å². The van der Waals surface area contributed by atoms with Crippen LogP contribution in [0.2, 0.25) is 0 Å². The van der Waals surface area contributed by atoms with E-state index in [9.17, 15) is 26.3 Å². The molecular formula is C17H16F6N6. The molecule has 156 valence electrons. The molecule has 0 aliphatic carbocycles. The maximum atomic E-state index is 14.0. The van der Waals surface area contributed by atoms with E-state index in [1.165, 1.54) is 0 Å². The maximum Gasteiger partial charge on any atom is 0.411 e. The van der Waals surface area contributed by atoms with Crippen molar-refractivity contribution in [2.45, 2.75) is 17.8 Å². The van der Waals surface area contributed by atoms with Gasteiger partial charge in [-0.25, -0.2) is 11.7 Å². The summed E-state index contributed by atoms with van der Waals surface area (Å²) in [5.74, 6) is 9.33. The average molecular weight is 418 g/mol. The minimum Gasteiger partial charge on any atom is -0.308 e. The van der Waals surface area contributed by atoms with Gasteiger partial charge in [0, 0.05) is 11.1 Å². The third-order valence-corrected chi connectivity index (χ3v) is 4.35. The van der Waals surface area contributed by atoms with E-state index in [2.05, 4.69) is 0 Å². The van der Waals surface area contributed by atoms with Crippen molar-refractivity contribution in [1.29, 1.82) is 10.8 Å². The second-order valence-corrected chi connectivity index (χ2v) is 5.94. The molecule has 0 heterocycles. The minimum atomic E-state index is -5.74. The van der Waals surface area contributed by atoms with Crippen LogP contribution in [-0.4, -0.2) is 24.0 Å². The Kier molecular flexibility index (Phi) is 5.90. The van der Waals surface area contributed by atoms with Crippen LogP contribution in [0.1, 0.15) is 22.3 Å². The number of nitrogens with two attached hydrogens (primary N) is 2. The predicted octanol–water partition coefficient (Wildman–Crippen LogP) is 2.67. The minimum absolute atomic E-state index is 0.00677. The highest BCUT2D eigenvalue weighted by Gasteiger charge is 2.72. The van der Waals surface area contributed by atoms with Gasteiger partial charge in [0.25, 0.3) is 0 Å². The Labute approximate surface area is 160 Å². The van der Waals surface area contributed by atoms with E-state index in [-0.39, 0.29) is 22.8 Å². The molecule has 0 saturated heterocycles. The number of amidine groups is 2. The van der Waals surface area contributed by atoms with Crippen molar-refractivity contribution in [3.63, 3.8) is 0 Å². The second kappa shape index (κ2) is 7.72. The Bertz CT molecular complexity index is 811. The van der Waals surface area contributed by atoms with Crippen molar-refractivity contribution >= 4 is 11.7 Å². The standard InChI is InChI=1S/C17H16F6N6/c18-16(19,20)15(17(21,22)23,11-5-1-9(2-6-11)13(24)28-26)12-7-3-10(4-8-12)14(25)29-27/h1-8H,26-27H2,(H2,24,28)(H2,25,29). The van der Waals surface area contributed by atoms with E-state index >= 15 is 0 Å². The van der Waals surface area contributed by atoms with Crippen LogP contribution in [0.15, 0.2) is 48.5 Å². The predicted molar refractivity (Wildman–Crippen MR) is 94.1 cm³/mol. The Balaban J connectivity index is 2.76. The van der Waals surface area contributed by atoms with Crippen LogP contribution in [0.3, 0.4) is 0 Å². The normalized spacial score (nSPS) is 12.4. The lowest BCUT2D eigenvalue weighted by atomic mass is 9.72. The number of alkyl halides is 6. The molecule has 29 heavy (non-hydrogen) atoms. The van der Waals surface area contributed by atoms with Gasteiger partial charge in [-0.1, -0.05) is 48.5 Å². The van der Waals surface area contributed by atoms with Crippen molar-refractivity contribution in [3.8, 4) is 0 Å². The zero-order chi connectivity index (χ0) is 22.0. The molecule has 2 rings (SSSR count). The highest BCUT2D eigenvalue weighted by molar-refractivity contribution is 5.96.